The number of carbonyl (C=O) groups is 1. The minimum atomic E-state index is -0.854. The van der Waals surface area contributed by atoms with Crippen molar-refractivity contribution >= 4 is 5.97 Å². The lowest BCUT2D eigenvalue weighted by Crippen LogP contribution is -2.32. The Morgan fingerprint density at radius 2 is 2.12 bits per heavy atom. The maximum Gasteiger partial charge on any atom is 0.308 e. The van der Waals surface area contributed by atoms with Gasteiger partial charge in [0.15, 0.2) is 0 Å². The van der Waals surface area contributed by atoms with Crippen LogP contribution in [-0.2, 0) is 4.79 Å². The van der Waals surface area contributed by atoms with Gasteiger partial charge < -0.3 is 10.4 Å². The van der Waals surface area contributed by atoms with Crippen molar-refractivity contribution in [2.24, 2.45) is 5.92 Å². The van der Waals surface area contributed by atoms with E-state index < -0.39 is 17.9 Å². The van der Waals surface area contributed by atoms with Gasteiger partial charge in [-0.05, 0) is 25.5 Å². The van der Waals surface area contributed by atoms with Gasteiger partial charge in [0.2, 0.25) is 0 Å². The van der Waals surface area contributed by atoms with Gasteiger partial charge in [-0.15, -0.1) is 0 Å². The zero-order chi connectivity index (χ0) is 12.3. The number of nitrogens with one attached hydrogen (secondary N) is 1. The molecule has 2 atom stereocenters. The predicted molar refractivity (Wildman–Crippen MR) is 62.1 cm³/mol. The van der Waals surface area contributed by atoms with Gasteiger partial charge in [-0.3, -0.25) is 4.79 Å². The van der Waals surface area contributed by atoms with Gasteiger partial charge >= 0.3 is 5.97 Å². The highest BCUT2D eigenvalue weighted by Crippen LogP contribution is 2.30. The van der Waals surface area contributed by atoms with Gasteiger partial charge in [-0.1, -0.05) is 24.6 Å². The summed E-state index contributed by atoms with van der Waals surface area (Å²) in [5.74, 6) is -1.74. The van der Waals surface area contributed by atoms with Crippen molar-refractivity contribution in [3.05, 3.63) is 35.6 Å². The summed E-state index contributed by atoms with van der Waals surface area (Å²) < 4.78 is 13.7. The van der Waals surface area contributed by atoms with Crippen molar-refractivity contribution in [3.63, 3.8) is 0 Å². The highest BCUT2D eigenvalue weighted by Gasteiger charge is 2.31. The molecular weight excluding hydrogens is 221 g/mol. The highest BCUT2D eigenvalue weighted by molar-refractivity contribution is 5.71. The molecule has 1 saturated heterocycles. The first-order valence-corrected chi connectivity index (χ1v) is 5.91. The number of rotatable bonds is 2. The van der Waals surface area contributed by atoms with E-state index in [9.17, 15) is 14.3 Å². The van der Waals surface area contributed by atoms with Crippen LogP contribution in [-0.4, -0.2) is 17.6 Å². The largest absolute Gasteiger partial charge is 0.481 e. The smallest absolute Gasteiger partial charge is 0.308 e. The molecule has 1 heterocycles. The lowest BCUT2D eigenvalue weighted by Gasteiger charge is -2.23. The number of halogens is 1. The van der Waals surface area contributed by atoms with E-state index in [2.05, 4.69) is 5.32 Å². The number of benzene rings is 1. The van der Waals surface area contributed by atoms with Crippen LogP contribution in [0.2, 0.25) is 0 Å². The highest BCUT2D eigenvalue weighted by atomic mass is 19.1. The molecule has 17 heavy (non-hydrogen) atoms. The van der Waals surface area contributed by atoms with Gasteiger partial charge in [0.1, 0.15) is 5.82 Å². The summed E-state index contributed by atoms with van der Waals surface area (Å²) in [4.78, 5) is 11.2. The van der Waals surface area contributed by atoms with Crippen LogP contribution in [0.5, 0.6) is 0 Å². The Morgan fingerprint density at radius 1 is 1.35 bits per heavy atom. The van der Waals surface area contributed by atoms with Crippen LogP contribution in [0.15, 0.2) is 24.3 Å². The van der Waals surface area contributed by atoms with E-state index in [4.69, 9.17) is 0 Å². The minimum Gasteiger partial charge on any atom is -0.481 e. The summed E-state index contributed by atoms with van der Waals surface area (Å²) in [6, 6.07) is 5.97. The molecule has 1 aromatic rings. The van der Waals surface area contributed by atoms with Crippen LogP contribution in [0, 0.1) is 11.7 Å². The Morgan fingerprint density at radius 3 is 2.82 bits per heavy atom. The molecule has 1 aliphatic heterocycles. The van der Waals surface area contributed by atoms with E-state index in [1.807, 2.05) is 0 Å². The average Bonchev–Trinajstić information content (AvgIpc) is 2.55. The molecule has 0 radical (unpaired) electrons. The van der Waals surface area contributed by atoms with Gasteiger partial charge in [0, 0.05) is 11.6 Å². The first-order valence-electron chi connectivity index (χ1n) is 5.91. The molecule has 0 aliphatic carbocycles. The molecule has 1 aliphatic rings. The molecule has 0 amide bonds. The normalized spacial score (nSPS) is 25.2. The Bertz CT molecular complexity index is 408. The molecule has 0 saturated carbocycles. The van der Waals surface area contributed by atoms with Gasteiger partial charge in [0.25, 0.3) is 0 Å². The van der Waals surface area contributed by atoms with Crippen molar-refractivity contribution in [2.75, 3.05) is 6.54 Å². The van der Waals surface area contributed by atoms with E-state index in [-0.39, 0.29) is 5.82 Å². The number of carboxylic acid groups (broad SMARTS) is 1. The van der Waals surface area contributed by atoms with Crippen molar-refractivity contribution in [1.82, 2.24) is 5.32 Å². The lowest BCUT2D eigenvalue weighted by atomic mass is 9.90. The minimum absolute atomic E-state index is 0.335. The third-order valence-corrected chi connectivity index (χ3v) is 3.27. The molecule has 92 valence electrons. The van der Waals surface area contributed by atoms with Gasteiger partial charge in [-0.2, -0.15) is 0 Å². The maximum atomic E-state index is 13.7. The molecular formula is C13H16FNO2. The number of hydrogen-bond acceptors (Lipinski definition) is 2. The van der Waals surface area contributed by atoms with Crippen molar-refractivity contribution < 1.29 is 14.3 Å². The number of carboxylic acids is 1. The fourth-order valence-electron chi connectivity index (χ4n) is 2.38. The SMILES string of the molecule is O=C(O)[C@H]1CCCCN[C@@H]1c1ccccc1F. The van der Waals surface area contributed by atoms with Crippen molar-refractivity contribution in [1.29, 1.82) is 0 Å². The summed E-state index contributed by atoms with van der Waals surface area (Å²) in [7, 11) is 0. The Kier molecular flexibility index (Phi) is 3.74. The van der Waals surface area contributed by atoms with E-state index in [0.29, 0.717) is 12.0 Å². The second-order valence-electron chi connectivity index (χ2n) is 4.39. The molecule has 0 bridgehead atoms. The molecule has 2 N–H and O–H groups in total. The van der Waals surface area contributed by atoms with Crippen LogP contribution in [0.4, 0.5) is 4.39 Å². The Hall–Kier alpha value is -1.42. The van der Waals surface area contributed by atoms with Crippen molar-refractivity contribution in [3.8, 4) is 0 Å². The summed E-state index contributed by atoms with van der Waals surface area (Å²) >= 11 is 0. The van der Waals surface area contributed by atoms with E-state index in [1.165, 1.54) is 6.07 Å². The molecule has 1 aromatic carbocycles. The fourth-order valence-corrected chi connectivity index (χ4v) is 2.38. The molecule has 0 aromatic heterocycles. The lowest BCUT2D eigenvalue weighted by molar-refractivity contribution is -0.143. The number of hydrogen-bond donors (Lipinski definition) is 2. The van der Waals surface area contributed by atoms with Crippen LogP contribution in [0.3, 0.4) is 0 Å². The third kappa shape index (κ3) is 2.64. The number of aliphatic carboxylic acids is 1. The summed E-state index contributed by atoms with van der Waals surface area (Å²) in [6.07, 6.45) is 2.41. The first kappa shape index (κ1) is 12.0. The van der Waals surface area contributed by atoms with Gasteiger partial charge in [-0.25, -0.2) is 4.39 Å². The van der Waals surface area contributed by atoms with Crippen LogP contribution < -0.4 is 5.32 Å². The van der Waals surface area contributed by atoms with Crippen molar-refractivity contribution in [2.45, 2.75) is 25.3 Å². The summed E-state index contributed by atoms with van der Waals surface area (Å²) in [6.45, 7) is 0.739. The van der Waals surface area contributed by atoms with Gasteiger partial charge in [0.05, 0.1) is 5.92 Å². The van der Waals surface area contributed by atoms with Crippen LogP contribution >= 0.6 is 0 Å². The molecule has 3 nitrogen and oxygen atoms in total. The zero-order valence-electron chi connectivity index (χ0n) is 9.53. The topological polar surface area (TPSA) is 49.3 Å². The molecule has 0 spiro atoms. The predicted octanol–water partition coefficient (Wildman–Crippen LogP) is 2.34. The summed E-state index contributed by atoms with van der Waals surface area (Å²) in [5.41, 5.74) is 0.460. The quantitative estimate of drug-likeness (QED) is 0.830. The van der Waals surface area contributed by atoms with E-state index in [0.717, 1.165) is 19.4 Å². The molecule has 0 unspecified atom stereocenters. The molecule has 2 rings (SSSR count). The molecule has 4 heteroatoms. The molecule has 1 fully saturated rings. The maximum absolute atomic E-state index is 13.7. The Balaban J connectivity index is 2.32. The van der Waals surface area contributed by atoms with E-state index >= 15 is 0 Å². The third-order valence-electron chi connectivity index (χ3n) is 3.27. The zero-order valence-corrected chi connectivity index (χ0v) is 9.53. The fraction of sp³-hybridized carbons (Fsp3) is 0.462. The second-order valence-corrected chi connectivity index (χ2v) is 4.39. The van der Waals surface area contributed by atoms with Crippen LogP contribution in [0.25, 0.3) is 0 Å². The van der Waals surface area contributed by atoms with Crippen LogP contribution in [0.1, 0.15) is 30.9 Å². The monoisotopic (exact) mass is 237 g/mol. The standard InChI is InChI=1S/C13H16FNO2/c14-11-7-2-1-5-9(11)12-10(13(16)17)6-3-4-8-15-12/h1-2,5,7,10,12,15H,3-4,6,8H2,(H,16,17)/t10-,12+/m0/s1. The Labute approximate surface area is 99.7 Å². The average molecular weight is 237 g/mol. The van der Waals surface area contributed by atoms with E-state index in [1.54, 1.807) is 18.2 Å². The summed E-state index contributed by atoms with van der Waals surface area (Å²) in [5, 5.41) is 12.4. The second kappa shape index (κ2) is 5.27. The first-order chi connectivity index (χ1) is 8.20.